The fourth-order valence-electron chi connectivity index (χ4n) is 1.31. The van der Waals surface area contributed by atoms with E-state index < -0.39 is 12.0 Å². The van der Waals surface area contributed by atoms with E-state index >= 15 is 0 Å². The lowest BCUT2D eigenvalue weighted by molar-refractivity contribution is -0.139. The van der Waals surface area contributed by atoms with Crippen molar-refractivity contribution in [1.29, 1.82) is 5.26 Å². The molecule has 6 heteroatoms. The average molecular weight is 234 g/mol. The van der Waals surface area contributed by atoms with E-state index in [0.717, 1.165) is 6.42 Å². The number of nitrogens with zero attached hydrogens (tertiary/aromatic N) is 3. The van der Waals surface area contributed by atoms with Crippen LogP contribution in [0.15, 0.2) is 12.3 Å². The second kappa shape index (κ2) is 5.80. The van der Waals surface area contributed by atoms with E-state index in [9.17, 15) is 4.79 Å². The van der Waals surface area contributed by atoms with Crippen molar-refractivity contribution in [2.24, 2.45) is 5.92 Å². The fraction of sp³-hybridized carbons (Fsp3) is 0.455. The third kappa shape index (κ3) is 3.41. The minimum Gasteiger partial charge on any atom is -0.480 e. The first-order valence-electron chi connectivity index (χ1n) is 5.31. The fourth-order valence-corrected chi connectivity index (χ4v) is 1.31. The minimum absolute atomic E-state index is 0.0539. The minimum atomic E-state index is -0.953. The van der Waals surface area contributed by atoms with Crippen molar-refractivity contribution >= 4 is 11.9 Å². The number of aliphatic carboxylic acids is 1. The van der Waals surface area contributed by atoms with Gasteiger partial charge in [0.25, 0.3) is 0 Å². The maximum atomic E-state index is 11.1. The van der Waals surface area contributed by atoms with Gasteiger partial charge in [0.15, 0.2) is 0 Å². The van der Waals surface area contributed by atoms with E-state index in [1.807, 2.05) is 19.9 Å². The van der Waals surface area contributed by atoms with Crippen molar-refractivity contribution in [3.63, 3.8) is 0 Å². The molecule has 0 radical (unpaired) electrons. The van der Waals surface area contributed by atoms with Gasteiger partial charge in [-0.2, -0.15) is 5.26 Å². The van der Waals surface area contributed by atoms with Crippen molar-refractivity contribution in [2.75, 3.05) is 5.32 Å². The molecule has 0 aromatic carbocycles. The number of carbonyl (C=O) groups is 1. The van der Waals surface area contributed by atoms with Gasteiger partial charge < -0.3 is 10.4 Å². The lowest BCUT2D eigenvalue weighted by Gasteiger charge is -2.19. The van der Waals surface area contributed by atoms with Gasteiger partial charge in [0, 0.05) is 6.20 Å². The molecule has 6 nitrogen and oxygen atoms in total. The summed E-state index contributed by atoms with van der Waals surface area (Å²) >= 11 is 0. The summed E-state index contributed by atoms with van der Waals surface area (Å²) in [7, 11) is 0. The van der Waals surface area contributed by atoms with Gasteiger partial charge >= 0.3 is 5.97 Å². The van der Waals surface area contributed by atoms with E-state index in [1.54, 1.807) is 0 Å². The van der Waals surface area contributed by atoms with E-state index in [2.05, 4.69) is 15.3 Å². The first kappa shape index (κ1) is 12.9. The number of aromatic nitrogens is 2. The van der Waals surface area contributed by atoms with Gasteiger partial charge in [-0.1, -0.05) is 20.3 Å². The van der Waals surface area contributed by atoms with E-state index in [1.165, 1.54) is 12.3 Å². The summed E-state index contributed by atoms with van der Waals surface area (Å²) in [6, 6.07) is 2.58. The molecule has 2 atom stereocenters. The van der Waals surface area contributed by atoms with Crippen molar-refractivity contribution in [1.82, 2.24) is 9.97 Å². The SMILES string of the molecule is CC[C@H](C)[C@H](Nc1nccc(C#N)n1)C(=O)O. The number of nitriles is 1. The normalized spacial score (nSPS) is 13.5. The summed E-state index contributed by atoms with van der Waals surface area (Å²) in [6.07, 6.45) is 2.14. The summed E-state index contributed by atoms with van der Waals surface area (Å²) in [5, 5.41) is 20.5. The van der Waals surface area contributed by atoms with Crippen molar-refractivity contribution in [2.45, 2.75) is 26.3 Å². The molecule has 90 valence electrons. The average Bonchev–Trinajstić information content (AvgIpc) is 2.35. The Balaban J connectivity index is 2.86. The third-order valence-electron chi connectivity index (χ3n) is 2.53. The summed E-state index contributed by atoms with van der Waals surface area (Å²) < 4.78 is 0. The smallest absolute Gasteiger partial charge is 0.326 e. The monoisotopic (exact) mass is 234 g/mol. The molecule has 1 aromatic heterocycles. The molecule has 17 heavy (non-hydrogen) atoms. The molecule has 0 aliphatic heterocycles. The number of nitrogens with one attached hydrogen (secondary N) is 1. The van der Waals surface area contributed by atoms with Crippen LogP contribution < -0.4 is 5.32 Å². The van der Waals surface area contributed by atoms with E-state index in [-0.39, 0.29) is 17.6 Å². The quantitative estimate of drug-likeness (QED) is 0.795. The zero-order chi connectivity index (χ0) is 12.8. The lowest BCUT2D eigenvalue weighted by atomic mass is 9.99. The number of carboxylic acid groups (broad SMARTS) is 1. The number of carboxylic acids is 1. The van der Waals surface area contributed by atoms with Crippen LogP contribution in [-0.2, 0) is 4.79 Å². The number of rotatable bonds is 5. The highest BCUT2D eigenvalue weighted by Gasteiger charge is 2.24. The molecule has 0 unspecified atom stereocenters. The molecule has 1 rings (SSSR count). The van der Waals surface area contributed by atoms with E-state index in [0.29, 0.717) is 0 Å². The van der Waals surface area contributed by atoms with Gasteiger partial charge in [0.1, 0.15) is 17.8 Å². The highest BCUT2D eigenvalue weighted by Crippen LogP contribution is 2.12. The summed E-state index contributed by atoms with van der Waals surface area (Å²) in [4.78, 5) is 18.8. The van der Waals surface area contributed by atoms with Crippen molar-refractivity contribution in [3.05, 3.63) is 18.0 Å². The van der Waals surface area contributed by atoms with Crippen molar-refractivity contribution < 1.29 is 9.90 Å². The van der Waals surface area contributed by atoms with Crippen LogP contribution in [-0.4, -0.2) is 27.1 Å². The van der Waals surface area contributed by atoms with Crippen LogP contribution in [0.25, 0.3) is 0 Å². The number of anilines is 1. The Morgan fingerprint density at radius 3 is 2.94 bits per heavy atom. The standard InChI is InChI=1S/C11H14N4O2/c1-3-7(2)9(10(16)17)15-11-13-5-4-8(6-12)14-11/h4-5,7,9H,3H2,1-2H3,(H,16,17)(H,13,14,15)/t7-,9-/m0/s1. The molecule has 0 bridgehead atoms. The maximum absolute atomic E-state index is 11.1. The first-order valence-corrected chi connectivity index (χ1v) is 5.31. The molecule has 0 amide bonds. The predicted molar refractivity (Wildman–Crippen MR) is 61.2 cm³/mol. The molecule has 1 heterocycles. The van der Waals surface area contributed by atoms with Crippen molar-refractivity contribution in [3.8, 4) is 6.07 Å². The Morgan fingerprint density at radius 2 is 2.41 bits per heavy atom. The van der Waals surface area contributed by atoms with Crippen LogP contribution in [0, 0.1) is 17.2 Å². The molecule has 0 aliphatic rings. The predicted octanol–water partition coefficient (Wildman–Crippen LogP) is 1.26. The maximum Gasteiger partial charge on any atom is 0.326 e. The molecule has 0 saturated heterocycles. The van der Waals surface area contributed by atoms with Crippen LogP contribution >= 0.6 is 0 Å². The Labute approximate surface area is 99.3 Å². The molecular weight excluding hydrogens is 220 g/mol. The molecule has 1 aromatic rings. The molecular formula is C11H14N4O2. The highest BCUT2D eigenvalue weighted by molar-refractivity contribution is 5.76. The molecule has 2 N–H and O–H groups in total. The van der Waals surface area contributed by atoms with Crippen LogP contribution in [0.1, 0.15) is 26.0 Å². The van der Waals surface area contributed by atoms with Gasteiger partial charge in [-0.25, -0.2) is 14.8 Å². The highest BCUT2D eigenvalue weighted by atomic mass is 16.4. The zero-order valence-electron chi connectivity index (χ0n) is 9.71. The molecule has 0 saturated carbocycles. The molecule has 0 spiro atoms. The Morgan fingerprint density at radius 1 is 1.71 bits per heavy atom. The topological polar surface area (TPSA) is 98.9 Å². The third-order valence-corrected chi connectivity index (χ3v) is 2.53. The molecule has 0 aliphatic carbocycles. The zero-order valence-corrected chi connectivity index (χ0v) is 9.71. The first-order chi connectivity index (χ1) is 8.08. The largest absolute Gasteiger partial charge is 0.480 e. The van der Waals surface area contributed by atoms with Crippen LogP contribution in [0.5, 0.6) is 0 Å². The van der Waals surface area contributed by atoms with E-state index in [4.69, 9.17) is 10.4 Å². The van der Waals surface area contributed by atoms with Gasteiger partial charge in [0.2, 0.25) is 5.95 Å². The lowest BCUT2D eigenvalue weighted by Crippen LogP contribution is -2.36. The number of hydrogen-bond acceptors (Lipinski definition) is 5. The van der Waals surface area contributed by atoms with Gasteiger partial charge in [0.05, 0.1) is 0 Å². The second-order valence-corrected chi connectivity index (χ2v) is 3.72. The number of hydrogen-bond donors (Lipinski definition) is 2. The van der Waals surface area contributed by atoms with Gasteiger partial charge in [-0.15, -0.1) is 0 Å². The second-order valence-electron chi connectivity index (χ2n) is 3.72. The summed E-state index contributed by atoms with van der Waals surface area (Å²) in [5.41, 5.74) is 0.204. The van der Waals surface area contributed by atoms with Crippen LogP contribution in [0.4, 0.5) is 5.95 Å². The van der Waals surface area contributed by atoms with Crippen LogP contribution in [0.3, 0.4) is 0 Å². The Hall–Kier alpha value is -2.16. The van der Waals surface area contributed by atoms with Crippen LogP contribution in [0.2, 0.25) is 0 Å². The Kier molecular flexibility index (Phi) is 4.40. The van der Waals surface area contributed by atoms with Gasteiger partial charge in [-0.05, 0) is 12.0 Å². The summed E-state index contributed by atoms with van der Waals surface area (Å²) in [6.45, 7) is 3.74. The molecule has 0 fully saturated rings. The summed E-state index contributed by atoms with van der Waals surface area (Å²) in [5.74, 6) is -0.844. The van der Waals surface area contributed by atoms with Gasteiger partial charge in [-0.3, -0.25) is 0 Å². The Bertz CT molecular complexity index is 441.